The highest BCUT2D eigenvalue weighted by molar-refractivity contribution is 7.99. The summed E-state index contributed by atoms with van der Waals surface area (Å²) in [5.74, 6) is 3.30. The van der Waals surface area contributed by atoms with E-state index < -0.39 is 0 Å². The molecular formula is C16H23NO4S. The number of benzene rings is 1. The van der Waals surface area contributed by atoms with Gasteiger partial charge in [0.15, 0.2) is 6.61 Å². The van der Waals surface area contributed by atoms with Crippen LogP contribution >= 0.6 is 11.8 Å². The molecule has 0 bridgehead atoms. The Labute approximate surface area is 135 Å². The predicted octanol–water partition coefficient (Wildman–Crippen LogP) is 2.10. The second-order valence-electron chi connectivity index (χ2n) is 5.16. The van der Waals surface area contributed by atoms with E-state index >= 15 is 0 Å². The van der Waals surface area contributed by atoms with Crippen molar-refractivity contribution in [3.8, 4) is 11.5 Å². The topological polar surface area (TPSA) is 56.8 Å². The van der Waals surface area contributed by atoms with Crippen molar-refractivity contribution >= 4 is 17.7 Å². The van der Waals surface area contributed by atoms with Gasteiger partial charge >= 0.3 is 0 Å². The molecule has 1 atom stereocenters. The molecule has 22 heavy (non-hydrogen) atoms. The van der Waals surface area contributed by atoms with Gasteiger partial charge in [-0.15, -0.1) is 0 Å². The maximum Gasteiger partial charge on any atom is 0.258 e. The van der Waals surface area contributed by atoms with Crippen molar-refractivity contribution in [2.45, 2.75) is 18.9 Å². The molecule has 1 unspecified atom stereocenters. The molecular weight excluding hydrogens is 302 g/mol. The Kier molecular flexibility index (Phi) is 6.39. The van der Waals surface area contributed by atoms with Crippen molar-refractivity contribution in [2.24, 2.45) is 0 Å². The summed E-state index contributed by atoms with van der Waals surface area (Å²) in [5, 5.41) is 2.89. The van der Waals surface area contributed by atoms with Crippen LogP contribution in [0.4, 0.5) is 0 Å². The van der Waals surface area contributed by atoms with E-state index in [4.69, 9.17) is 14.2 Å². The zero-order chi connectivity index (χ0) is 15.8. The SMILES string of the molecule is CCOc1ccc(OCC(=O)NCC2(OC)CCSC2)cc1. The van der Waals surface area contributed by atoms with Crippen LogP contribution in [0.2, 0.25) is 0 Å². The van der Waals surface area contributed by atoms with Crippen molar-refractivity contribution in [2.75, 3.05) is 38.4 Å². The molecule has 0 aliphatic carbocycles. The maximum atomic E-state index is 11.9. The van der Waals surface area contributed by atoms with E-state index in [0.717, 1.165) is 23.7 Å². The minimum absolute atomic E-state index is 0.000911. The van der Waals surface area contributed by atoms with Crippen LogP contribution in [-0.4, -0.2) is 49.9 Å². The number of amides is 1. The third-order valence-corrected chi connectivity index (χ3v) is 4.84. The normalized spacial score (nSPS) is 20.6. The van der Waals surface area contributed by atoms with Gasteiger partial charge in [-0.2, -0.15) is 11.8 Å². The molecule has 0 radical (unpaired) electrons. The van der Waals surface area contributed by atoms with Gasteiger partial charge in [-0.05, 0) is 43.4 Å². The van der Waals surface area contributed by atoms with Crippen LogP contribution in [0.1, 0.15) is 13.3 Å². The number of methoxy groups -OCH3 is 1. The summed E-state index contributed by atoms with van der Waals surface area (Å²) in [5.41, 5.74) is -0.223. The first kappa shape index (κ1) is 17.0. The smallest absolute Gasteiger partial charge is 0.258 e. The summed E-state index contributed by atoms with van der Waals surface area (Å²) < 4.78 is 16.4. The van der Waals surface area contributed by atoms with Gasteiger partial charge in [0.1, 0.15) is 11.5 Å². The van der Waals surface area contributed by atoms with Gasteiger partial charge in [0.05, 0.1) is 12.2 Å². The highest BCUT2D eigenvalue weighted by atomic mass is 32.2. The van der Waals surface area contributed by atoms with Crippen LogP contribution in [0, 0.1) is 0 Å². The number of hydrogen-bond donors (Lipinski definition) is 1. The number of hydrogen-bond acceptors (Lipinski definition) is 5. The minimum atomic E-state index is -0.223. The summed E-state index contributed by atoms with van der Waals surface area (Å²) in [6.45, 7) is 3.09. The molecule has 1 amide bonds. The molecule has 1 aliphatic rings. The minimum Gasteiger partial charge on any atom is -0.494 e. The van der Waals surface area contributed by atoms with Crippen molar-refractivity contribution in [1.29, 1.82) is 0 Å². The van der Waals surface area contributed by atoms with Gasteiger partial charge in [0, 0.05) is 19.4 Å². The highest BCUT2D eigenvalue weighted by Crippen LogP contribution is 2.30. The van der Waals surface area contributed by atoms with Crippen LogP contribution in [0.15, 0.2) is 24.3 Å². The number of carbonyl (C=O) groups excluding carboxylic acids is 1. The molecule has 1 heterocycles. The Balaban J connectivity index is 1.73. The van der Waals surface area contributed by atoms with Crippen molar-refractivity contribution in [3.63, 3.8) is 0 Å². The van der Waals surface area contributed by atoms with E-state index in [-0.39, 0.29) is 18.1 Å². The lowest BCUT2D eigenvalue weighted by Crippen LogP contribution is -2.45. The van der Waals surface area contributed by atoms with Crippen molar-refractivity contribution in [3.05, 3.63) is 24.3 Å². The van der Waals surface area contributed by atoms with E-state index in [1.165, 1.54) is 0 Å². The van der Waals surface area contributed by atoms with Crippen LogP contribution in [0.5, 0.6) is 11.5 Å². The number of carbonyl (C=O) groups is 1. The van der Waals surface area contributed by atoms with E-state index in [0.29, 0.717) is 18.9 Å². The largest absolute Gasteiger partial charge is 0.494 e. The fourth-order valence-corrected chi connectivity index (χ4v) is 3.62. The quantitative estimate of drug-likeness (QED) is 0.793. The second-order valence-corrected chi connectivity index (χ2v) is 6.26. The Morgan fingerprint density at radius 3 is 2.50 bits per heavy atom. The molecule has 1 aliphatic heterocycles. The molecule has 1 fully saturated rings. The Bertz CT molecular complexity index is 472. The molecule has 2 rings (SSSR count). The summed E-state index contributed by atoms with van der Waals surface area (Å²) in [7, 11) is 1.70. The Morgan fingerprint density at radius 1 is 1.27 bits per heavy atom. The monoisotopic (exact) mass is 325 g/mol. The molecule has 1 aromatic rings. The summed E-state index contributed by atoms with van der Waals surface area (Å²) in [6.07, 6.45) is 0.966. The number of nitrogens with one attached hydrogen (secondary N) is 1. The Hall–Kier alpha value is -1.40. The first-order chi connectivity index (χ1) is 10.7. The molecule has 122 valence electrons. The fraction of sp³-hybridized carbons (Fsp3) is 0.562. The number of rotatable bonds is 8. The third kappa shape index (κ3) is 4.81. The zero-order valence-electron chi connectivity index (χ0n) is 13.1. The zero-order valence-corrected chi connectivity index (χ0v) is 13.9. The summed E-state index contributed by atoms with van der Waals surface area (Å²) in [6, 6.07) is 7.24. The molecule has 6 heteroatoms. The number of ether oxygens (including phenoxy) is 3. The maximum absolute atomic E-state index is 11.9. The van der Waals surface area contributed by atoms with Crippen LogP contribution in [0.3, 0.4) is 0 Å². The molecule has 0 aromatic heterocycles. The van der Waals surface area contributed by atoms with Gasteiger partial charge in [0.2, 0.25) is 0 Å². The molecule has 0 saturated carbocycles. The first-order valence-corrected chi connectivity index (χ1v) is 8.58. The molecule has 5 nitrogen and oxygen atoms in total. The molecule has 1 saturated heterocycles. The van der Waals surface area contributed by atoms with E-state index in [9.17, 15) is 4.79 Å². The standard InChI is InChI=1S/C16H23NO4S/c1-3-20-13-4-6-14(7-5-13)21-10-15(18)17-11-16(19-2)8-9-22-12-16/h4-7H,3,8-12H2,1-2H3,(H,17,18). The summed E-state index contributed by atoms with van der Waals surface area (Å²) in [4.78, 5) is 11.9. The van der Waals surface area contributed by atoms with Gasteiger partial charge in [0.25, 0.3) is 5.91 Å². The lowest BCUT2D eigenvalue weighted by Gasteiger charge is -2.26. The van der Waals surface area contributed by atoms with Crippen LogP contribution in [0.25, 0.3) is 0 Å². The predicted molar refractivity (Wildman–Crippen MR) is 87.8 cm³/mol. The van der Waals surface area contributed by atoms with Crippen LogP contribution < -0.4 is 14.8 Å². The highest BCUT2D eigenvalue weighted by Gasteiger charge is 2.34. The average Bonchev–Trinajstić information content (AvgIpc) is 3.02. The lowest BCUT2D eigenvalue weighted by molar-refractivity contribution is -0.124. The van der Waals surface area contributed by atoms with Crippen LogP contribution in [-0.2, 0) is 9.53 Å². The fourth-order valence-electron chi connectivity index (χ4n) is 2.22. The van der Waals surface area contributed by atoms with E-state index in [2.05, 4.69) is 5.32 Å². The summed E-state index contributed by atoms with van der Waals surface area (Å²) >= 11 is 1.85. The van der Waals surface area contributed by atoms with E-state index in [1.807, 2.05) is 30.8 Å². The van der Waals surface area contributed by atoms with Gasteiger partial charge in [-0.3, -0.25) is 4.79 Å². The van der Waals surface area contributed by atoms with Crippen molar-refractivity contribution in [1.82, 2.24) is 5.32 Å². The van der Waals surface area contributed by atoms with Gasteiger partial charge in [-0.1, -0.05) is 0 Å². The second kappa shape index (κ2) is 8.29. The molecule has 1 N–H and O–H groups in total. The number of thioether (sulfide) groups is 1. The first-order valence-electron chi connectivity index (χ1n) is 7.43. The van der Waals surface area contributed by atoms with Crippen molar-refractivity contribution < 1.29 is 19.0 Å². The third-order valence-electron chi connectivity index (χ3n) is 3.61. The lowest BCUT2D eigenvalue weighted by atomic mass is 10.0. The van der Waals surface area contributed by atoms with Gasteiger partial charge in [-0.25, -0.2) is 0 Å². The van der Waals surface area contributed by atoms with Gasteiger partial charge < -0.3 is 19.5 Å². The van der Waals surface area contributed by atoms with E-state index in [1.54, 1.807) is 19.2 Å². The molecule has 1 aromatic carbocycles. The average molecular weight is 325 g/mol. The Morgan fingerprint density at radius 2 is 1.95 bits per heavy atom. The molecule has 0 spiro atoms.